The summed E-state index contributed by atoms with van der Waals surface area (Å²) in [6, 6.07) is 0. The molecular formula is C12H12N4O3S. The third-order valence-corrected chi connectivity index (χ3v) is 3.07. The number of nitrogens with one attached hydrogen (secondary N) is 1. The number of aliphatic carboxylic acids is 1. The van der Waals surface area contributed by atoms with Crippen LogP contribution in [0.1, 0.15) is 11.3 Å². The molecule has 20 heavy (non-hydrogen) atoms. The van der Waals surface area contributed by atoms with Crippen LogP contribution >= 0.6 is 11.3 Å². The second-order valence-electron chi connectivity index (χ2n) is 3.98. The minimum absolute atomic E-state index is 0.155. The zero-order valence-corrected chi connectivity index (χ0v) is 11.4. The predicted octanol–water partition coefficient (Wildman–Crippen LogP) is 1.16. The molecule has 0 unspecified atom stereocenters. The van der Waals surface area contributed by atoms with E-state index in [-0.39, 0.29) is 12.3 Å². The lowest BCUT2D eigenvalue weighted by Gasteiger charge is -1.95. The summed E-state index contributed by atoms with van der Waals surface area (Å²) in [7, 11) is 1.79. The van der Waals surface area contributed by atoms with Crippen molar-refractivity contribution in [1.82, 2.24) is 14.8 Å². The second-order valence-corrected chi connectivity index (χ2v) is 4.84. The smallest absolute Gasteiger partial charge is 0.309 e. The summed E-state index contributed by atoms with van der Waals surface area (Å²) in [5.41, 5.74) is 1.24. The van der Waals surface area contributed by atoms with Crippen LogP contribution in [-0.4, -0.2) is 31.7 Å². The Balaban J connectivity index is 1.92. The fraction of sp³-hybridized carbons (Fsp3) is 0.167. The number of hydrogen-bond acceptors (Lipinski definition) is 5. The van der Waals surface area contributed by atoms with Gasteiger partial charge in [-0.2, -0.15) is 5.10 Å². The molecule has 0 spiro atoms. The largest absolute Gasteiger partial charge is 0.481 e. The molecule has 2 heterocycles. The molecule has 0 aliphatic carbocycles. The monoisotopic (exact) mass is 292 g/mol. The van der Waals surface area contributed by atoms with Crippen molar-refractivity contribution in [2.75, 3.05) is 5.32 Å². The summed E-state index contributed by atoms with van der Waals surface area (Å²) in [5.74, 6) is -1.28. The Hall–Kier alpha value is -2.48. The Morgan fingerprint density at radius 3 is 3.00 bits per heavy atom. The SMILES string of the molecule is Cn1cc(/C=C/C(=O)Nc2nc(CC(=O)O)cs2)cn1. The average Bonchev–Trinajstić information content (AvgIpc) is 2.95. The van der Waals surface area contributed by atoms with Crippen LogP contribution in [0.2, 0.25) is 0 Å². The quantitative estimate of drug-likeness (QED) is 0.806. The Kier molecular flexibility index (Phi) is 4.26. The van der Waals surface area contributed by atoms with E-state index in [1.54, 1.807) is 35.6 Å². The summed E-state index contributed by atoms with van der Waals surface area (Å²) in [6.45, 7) is 0. The molecule has 0 radical (unpaired) electrons. The van der Waals surface area contributed by atoms with E-state index >= 15 is 0 Å². The first kappa shape index (κ1) is 13.9. The third kappa shape index (κ3) is 4.02. The molecule has 0 bridgehead atoms. The molecule has 2 aromatic rings. The number of nitrogens with zero attached hydrogens (tertiary/aromatic N) is 3. The van der Waals surface area contributed by atoms with Gasteiger partial charge in [-0.05, 0) is 6.08 Å². The maximum absolute atomic E-state index is 11.6. The lowest BCUT2D eigenvalue weighted by atomic mass is 10.3. The fourth-order valence-electron chi connectivity index (χ4n) is 1.45. The first-order chi connectivity index (χ1) is 9.52. The fourth-order valence-corrected chi connectivity index (χ4v) is 2.16. The number of hydrogen-bond donors (Lipinski definition) is 2. The number of rotatable bonds is 5. The highest BCUT2D eigenvalue weighted by Gasteiger charge is 2.07. The minimum Gasteiger partial charge on any atom is -0.481 e. The molecule has 0 saturated heterocycles. The van der Waals surface area contributed by atoms with E-state index in [0.29, 0.717) is 10.8 Å². The molecule has 0 aromatic carbocycles. The maximum atomic E-state index is 11.6. The zero-order valence-electron chi connectivity index (χ0n) is 10.6. The molecule has 0 aliphatic rings. The van der Waals surface area contributed by atoms with E-state index < -0.39 is 5.97 Å². The molecule has 7 nitrogen and oxygen atoms in total. The Morgan fingerprint density at radius 2 is 2.35 bits per heavy atom. The van der Waals surface area contributed by atoms with Crippen LogP contribution in [0.5, 0.6) is 0 Å². The van der Waals surface area contributed by atoms with E-state index in [4.69, 9.17) is 5.11 Å². The first-order valence-corrected chi connectivity index (χ1v) is 6.55. The molecule has 2 N–H and O–H groups in total. The number of carbonyl (C=O) groups is 2. The van der Waals surface area contributed by atoms with Gasteiger partial charge in [0.1, 0.15) is 0 Å². The van der Waals surface area contributed by atoms with Crippen molar-refractivity contribution in [3.63, 3.8) is 0 Å². The van der Waals surface area contributed by atoms with Crippen molar-refractivity contribution in [2.24, 2.45) is 7.05 Å². The van der Waals surface area contributed by atoms with Crippen molar-refractivity contribution in [1.29, 1.82) is 0 Å². The topological polar surface area (TPSA) is 97.1 Å². The van der Waals surface area contributed by atoms with Crippen LogP contribution in [0.15, 0.2) is 23.8 Å². The van der Waals surface area contributed by atoms with Crippen LogP contribution in [0, 0.1) is 0 Å². The molecular weight excluding hydrogens is 280 g/mol. The molecule has 8 heteroatoms. The predicted molar refractivity (Wildman–Crippen MR) is 74.3 cm³/mol. The second kappa shape index (κ2) is 6.11. The van der Waals surface area contributed by atoms with Gasteiger partial charge < -0.3 is 5.11 Å². The van der Waals surface area contributed by atoms with Crippen molar-refractivity contribution in [3.05, 3.63) is 35.1 Å². The number of carbonyl (C=O) groups excluding carboxylic acids is 1. The molecule has 0 aliphatic heterocycles. The summed E-state index contributed by atoms with van der Waals surface area (Å²) in [4.78, 5) is 26.2. The van der Waals surface area contributed by atoms with Crippen molar-refractivity contribution < 1.29 is 14.7 Å². The van der Waals surface area contributed by atoms with Crippen LogP contribution in [0.25, 0.3) is 6.08 Å². The van der Waals surface area contributed by atoms with Crippen LogP contribution in [0.4, 0.5) is 5.13 Å². The number of anilines is 1. The zero-order chi connectivity index (χ0) is 14.5. The number of aryl methyl sites for hydroxylation is 1. The van der Waals surface area contributed by atoms with Gasteiger partial charge >= 0.3 is 5.97 Å². The van der Waals surface area contributed by atoms with Crippen molar-refractivity contribution >= 4 is 34.4 Å². The van der Waals surface area contributed by atoms with E-state index in [1.165, 1.54) is 17.4 Å². The van der Waals surface area contributed by atoms with Crippen LogP contribution < -0.4 is 5.32 Å². The molecule has 0 fully saturated rings. The standard InChI is InChI=1S/C12H12N4O3S/c1-16-6-8(5-13-16)2-3-10(17)15-12-14-9(7-20-12)4-11(18)19/h2-3,5-7H,4H2,1H3,(H,18,19)(H,14,15,17)/b3-2+. The first-order valence-electron chi connectivity index (χ1n) is 5.67. The number of carboxylic acids is 1. The molecule has 0 saturated carbocycles. The van der Waals surface area contributed by atoms with Gasteiger partial charge in [0.25, 0.3) is 0 Å². The van der Waals surface area contributed by atoms with Gasteiger partial charge in [-0.1, -0.05) is 0 Å². The Labute approximate surface area is 118 Å². The Morgan fingerprint density at radius 1 is 1.55 bits per heavy atom. The summed E-state index contributed by atoms with van der Waals surface area (Å²) >= 11 is 1.19. The maximum Gasteiger partial charge on any atom is 0.309 e. The van der Waals surface area contributed by atoms with Gasteiger partial charge in [0, 0.05) is 30.3 Å². The van der Waals surface area contributed by atoms with Gasteiger partial charge in [-0.3, -0.25) is 19.6 Å². The van der Waals surface area contributed by atoms with Gasteiger partial charge in [0.15, 0.2) is 5.13 Å². The lowest BCUT2D eigenvalue weighted by Crippen LogP contribution is -2.08. The third-order valence-electron chi connectivity index (χ3n) is 2.27. The van der Waals surface area contributed by atoms with Crippen LogP contribution in [-0.2, 0) is 23.1 Å². The normalized spacial score (nSPS) is 10.8. The summed E-state index contributed by atoms with van der Waals surface area (Å²) < 4.78 is 1.64. The molecule has 1 amide bonds. The Bertz CT molecular complexity index is 659. The molecule has 104 valence electrons. The van der Waals surface area contributed by atoms with Gasteiger partial charge in [-0.25, -0.2) is 4.98 Å². The molecule has 2 aromatic heterocycles. The van der Waals surface area contributed by atoms with Crippen LogP contribution in [0.3, 0.4) is 0 Å². The summed E-state index contributed by atoms with van der Waals surface area (Å²) in [6.07, 6.45) is 6.26. The van der Waals surface area contributed by atoms with E-state index in [1.807, 2.05) is 0 Å². The molecule has 2 rings (SSSR count). The number of amides is 1. The van der Waals surface area contributed by atoms with Crippen molar-refractivity contribution in [3.8, 4) is 0 Å². The van der Waals surface area contributed by atoms with E-state index in [2.05, 4.69) is 15.4 Å². The highest BCUT2D eigenvalue weighted by atomic mass is 32.1. The van der Waals surface area contributed by atoms with E-state index in [9.17, 15) is 9.59 Å². The average molecular weight is 292 g/mol. The minimum atomic E-state index is -0.954. The highest BCUT2D eigenvalue weighted by molar-refractivity contribution is 7.14. The number of thiazole rings is 1. The number of aromatic nitrogens is 3. The van der Waals surface area contributed by atoms with Gasteiger partial charge in [-0.15, -0.1) is 11.3 Å². The van der Waals surface area contributed by atoms with Crippen molar-refractivity contribution in [2.45, 2.75) is 6.42 Å². The molecule has 0 atom stereocenters. The highest BCUT2D eigenvalue weighted by Crippen LogP contribution is 2.15. The summed E-state index contributed by atoms with van der Waals surface area (Å²) in [5, 5.41) is 17.2. The van der Waals surface area contributed by atoms with Gasteiger partial charge in [0.2, 0.25) is 5.91 Å². The number of carboxylic acid groups (broad SMARTS) is 1. The van der Waals surface area contributed by atoms with Gasteiger partial charge in [0.05, 0.1) is 18.3 Å². The lowest BCUT2D eigenvalue weighted by molar-refractivity contribution is -0.136. The van der Waals surface area contributed by atoms with E-state index in [0.717, 1.165) is 5.56 Å².